The minimum atomic E-state index is 0. The molecule has 0 atom stereocenters. The zero-order valence-electron chi connectivity index (χ0n) is 16.9. The zero-order valence-corrected chi connectivity index (χ0v) is 19.2. The average Bonchev–Trinajstić information content (AvgIpc) is 2.71. The van der Waals surface area contributed by atoms with Crippen molar-refractivity contribution in [3.05, 3.63) is 42.0 Å². The molecule has 0 radical (unpaired) electrons. The Morgan fingerprint density at radius 2 is 1.57 bits per heavy atom. The monoisotopic (exact) mass is 501 g/mol. The minimum Gasteiger partial charge on any atom is -0.497 e. The standard InChI is InChI=1S/C20H27N3O4.HI/c1-6-21-20(23-15-8-10-17(25-3)19(11-15)27-5)22-13-14-7-9-16(24-2)12-18(14)26-4;/h7-12H,6,13H2,1-5H3,(H2,21,22,23);1H. The summed E-state index contributed by atoms with van der Waals surface area (Å²) in [5, 5.41) is 6.50. The molecule has 2 rings (SSSR count). The molecule has 0 spiro atoms. The molecule has 0 bridgehead atoms. The summed E-state index contributed by atoms with van der Waals surface area (Å²) in [6.07, 6.45) is 0. The number of methoxy groups -OCH3 is 4. The van der Waals surface area contributed by atoms with E-state index in [0.717, 1.165) is 29.3 Å². The summed E-state index contributed by atoms with van der Waals surface area (Å²) in [5.41, 5.74) is 1.80. The van der Waals surface area contributed by atoms with Gasteiger partial charge in [-0.15, -0.1) is 24.0 Å². The first-order valence-electron chi connectivity index (χ1n) is 8.63. The molecule has 0 aromatic heterocycles. The molecule has 0 amide bonds. The molecule has 0 aliphatic rings. The molecular formula is C20H28IN3O4. The van der Waals surface area contributed by atoms with Crippen molar-refractivity contribution < 1.29 is 18.9 Å². The van der Waals surface area contributed by atoms with E-state index in [9.17, 15) is 0 Å². The first-order chi connectivity index (χ1) is 13.1. The van der Waals surface area contributed by atoms with Crippen LogP contribution in [0.2, 0.25) is 0 Å². The second-order valence-corrected chi connectivity index (χ2v) is 5.57. The molecule has 2 aromatic carbocycles. The van der Waals surface area contributed by atoms with E-state index in [1.165, 1.54) is 0 Å². The number of ether oxygens (including phenoxy) is 4. The largest absolute Gasteiger partial charge is 0.497 e. The van der Waals surface area contributed by atoms with E-state index < -0.39 is 0 Å². The van der Waals surface area contributed by atoms with Crippen molar-refractivity contribution >= 4 is 35.6 Å². The van der Waals surface area contributed by atoms with E-state index >= 15 is 0 Å². The fourth-order valence-corrected chi connectivity index (χ4v) is 2.50. The lowest BCUT2D eigenvalue weighted by atomic mass is 10.2. The molecule has 0 heterocycles. The van der Waals surface area contributed by atoms with Crippen LogP contribution in [-0.2, 0) is 6.54 Å². The van der Waals surface area contributed by atoms with Gasteiger partial charge < -0.3 is 29.6 Å². The number of nitrogens with one attached hydrogen (secondary N) is 2. The van der Waals surface area contributed by atoms with E-state index in [0.29, 0.717) is 24.0 Å². The van der Waals surface area contributed by atoms with Gasteiger partial charge in [-0.25, -0.2) is 4.99 Å². The average molecular weight is 501 g/mol. The van der Waals surface area contributed by atoms with Gasteiger partial charge in [-0.05, 0) is 31.2 Å². The summed E-state index contributed by atoms with van der Waals surface area (Å²) in [7, 11) is 6.48. The quantitative estimate of drug-likeness (QED) is 0.325. The fourth-order valence-electron chi connectivity index (χ4n) is 2.50. The van der Waals surface area contributed by atoms with Crippen LogP contribution in [0.25, 0.3) is 0 Å². The van der Waals surface area contributed by atoms with Gasteiger partial charge in [0.1, 0.15) is 11.5 Å². The Bertz CT molecular complexity index is 784. The number of benzene rings is 2. The van der Waals surface area contributed by atoms with Gasteiger partial charge in [0.2, 0.25) is 0 Å². The van der Waals surface area contributed by atoms with Crippen molar-refractivity contribution in [1.82, 2.24) is 5.32 Å². The molecule has 28 heavy (non-hydrogen) atoms. The summed E-state index contributed by atoms with van der Waals surface area (Å²) in [6, 6.07) is 11.3. The van der Waals surface area contributed by atoms with Crippen molar-refractivity contribution in [3.8, 4) is 23.0 Å². The van der Waals surface area contributed by atoms with Crippen LogP contribution in [0.15, 0.2) is 41.4 Å². The number of guanidine groups is 1. The number of halogens is 1. The highest BCUT2D eigenvalue weighted by molar-refractivity contribution is 14.0. The van der Waals surface area contributed by atoms with Gasteiger partial charge in [0.15, 0.2) is 17.5 Å². The van der Waals surface area contributed by atoms with E-state index in [1.54, 1.807) is 28.4 Å². The predicted molar refractivity (Wildman–Crippen MR) is 123 cm³/mol. The lowest BCUT2D eigenvalue weighted by Gasteiger charge is -2.14. The van der Waals surface area contributed by atoms with Gasteiger partial charge in [0.05, 0.1) is 35.0 Å². The van der Waals surface area contributed by atoms with E-state index in [4.69, 9.17) is 18.9 Å². The fraction of sp³-hybridized carbons (Fsp3) is 0.350. The Morgan fingerprint density at radius 3 is 2.18 bits per heavy atom. The zero-order chi connectivity index (χ0) is 19.6. The SMILES string of the molecule is CCNC(=NCc1ccc(OC)cc1OC)Nc1ccc(OC)c(OC)c1.I. The minimum absolute atomic E-state index is 0. The molecule has 0 aliphatic carbocycles. The molecule has 7 nitrogen and oxygen atoms in total. The third-order valence-corrected chi connectivity index (χ3v) is 3.89. The summed E-state index contributed by atoms with van der Waals surface area (Å²) in [4.78, 5) is 4.64. The Morgan fingerprint density at radius 1 is 0.857 bits per heavy atom. The van der Waals surface area contributed by atoms with Crippen molar-refractivity contribution in [1.29, 1.82) is 0 Å². The molecule has 154 valence electrons. The van der Waals surface area contributed by atoms with E-state index in [1.807, 2.05) is 43.3 Å². The van der Waals surface area contributed by atoms with Gasteiger partial charge in [-0.3, -0.25) is 0 Å². The maximum Gasteiger partial charge on any atom is 0.196 e. The maximum atomic E-state index is 5.43. The van der Waals surface area contributed by atoms with E-state index in [-0.39, 0.29) is 24.0 Å². The van der Waals surface area contributed by atoms with Crippen LogP contribution >= 0.6 is 24.0 Å². The second kappa shape index (κ2) is 12.2. The Hall–Kier alpha value is -2.36. The second-order valence-electron chi connectivity index (χ2n) is 5.57. The molecule has 2 aromatic rings. The van der Waals surface area contributed by atoms with Crippen LogP contribution in [0.5, 0.6) is 23.0 Å². The van der Waals surface area contributed by atoms with Crippen LogP contribution in [-0.4, -0.2) is 40.9 Å². The lowest BCUT2D eigenvalue weighted by Crippen LogP contribution is -2.30. The molecule has 2 N–H and O–H groups in total. The first-order valence-corrected chi connectivity index (χ1v) is 8.63. The predicted octanol–water partition coefficient (Wildman–Crippen LogP) is 3.92. The summed E-state index contributed by atoms with van der Waals surface area (Å²) in [6.45, 7) is 3.20. The number of rotatable bonds is 8. The molecule has 8 heteroatoms. The van der Waals surface area contributed by atoms with E-state index in [2.05, 4.69) is 15.6 Å². The lowest BCUT2D eigenvalue weighted by molar-refractivity contribution is 0.355. The number of hydrogen-bond acceptors (Lipinski definition) is 5. The third-order valence-electron chi connectivity index (χ3n) is 3.89. The van der Waals surface area contributed by atoms with Crippen LogP contribution in [0.1, 0.15) is 12.5 Å². The summed E-state index contributed by atoms with van der Waals surface area (Å²) < 4.78 is 21.3. The normalized spacial score (nSPS) is 10.5. The van der Waals surface area contributed by atoms with Crippen molar-refractivity contribution in [2.24, 2.45) is 4.99 Å². The number of nitrogens with zero attached hydrogens (tertiary/aromatic N) is 1. The van der Waals surface area contributed by atoms with Crippen LogP contribution in [0.3, 0.4) is 0 Å². The highest BCUT2D eigenvalue weighted by atomic mass is 127. The van der Waals surface area contributed by atoms with Crippen molar-refractivity contribution in [3.63, 3.8) is 0 Å². The van der Waals surface area contributed by atoms with Crippen LogP contribution in [0.4, 0.5) is 5.69 Å². The molecule has 0 saturated carbocycles. The Labute approximate surface area is 183 Å². The van der Waals surface area contributed by atoms with Crippen LogP contribution < -0.4 is 29.6 Å². The summed E-state index contributed by atoms with van der Waals surface area (Å²) >= 11 is 0. The molecule has 0 unspecified atom stereocenters. The molecule has 0 aliphatic heterocycles. The Balaban J connectivity index is 0.00000392. The van der Waals surface area contributed by atoms with Crippen molar-refractivity contribution in [2.75, 3.05) is 40.3 Å². The smallest absolute Gasteiger partial charge is 0.196 e. The third kappa shape index (κ3) is 6.36. The van der Waals surface area contributed by atoms with Gasteiger partial charge in [-0.1, -0.05) is 0 Å². The van der Waals surface area contributed by atoms with Gasteiger partial charge in [0.25, 0.3) is 0 Å². The first kappa shape index (κ1) is 23.7. The number of anilines is 1. The highest BCUT2D eigenvalue weighted by Crippen LogP contribution is 2.30. The Kier molecular flexibility index (Phi) is 10.3. The van der Waals surface area contributed by atoms with Gasteiger partial charge >= 0.3 is 0 Å². The van der Waals surface area contributed by atoms with Crippen LogP contribution in [0, 0.1) is 0 Å². The molecule has 0 saturated heterocycles. The number of hydrogen-bond donors (Lipinski definition) is 2. The topological polar surface area (TPSA) is 73.3 Å². The molecule has 0 fully saturated rings. The summed E-state index contributed by atoms with van der Waals surface area (Å²) in [5.74, 6) is 3.46. The maximum absolute atomic E-state index is 5.43. The highest BCUT2D eigenvalue weighted by Gasteiger charge is 2.08. The van der Waals surface area contributed by atoms with Crippen molar-refractivity contribution in [2.45, 2.75) is 13.5 Å². The number of aliphatic imine (C=N–C) groups is 1. The molecular weight excluding hydrogens is 473 g/mol. The van der Waals surface area contributed by atoms with Gasteiger partial charge in [0, 0.05) is 29.9 Å². The van der Waals surface area contributed by atoms with Gasteiger partial charge in [-0.2, -0.15) is 0 Å².